The quantitative estimate of drug-likeness (QED) is 0.750. The molecule has 0 aliphatic carbocycles. The van der Waals surface area contributed by atoms with Crippen molar-refractivity contribution in [2.24, 2.45) is 5.92 Å². The summed E-state index contributed by atoms with van der Waals surface area (Å²) in [6, 6.07) is 7.50. The van der Waals surface area contributed by atoms with Gasteiger partial charge in [-0.2, -0.15) is 0 Å². The predicted molar refractivity (Wildman–Crippen MR) is 90.1 cm³/mol. The fourth-order valence-electron chi connectivity index (χ4n) is 2.49. The molecule has 1 aromatic rings. The first-order chi connectivity index (χ1) is 10.1. The molecule has 5 nitrogen and oxygen atoms in total. The van der Waals surface area contributed by atoms with Crippen LogP contribution in [-0.2, 0) is 16.1 Å². The SMILES string of the molecule is CC(=O)Nc1ccc(CNC(=O)CCC2CCNC2)cc1.Cl. The van der Waals surface area contributed by atoms with E-state index in [1.807, 2.05) is 24.3 Å². The van der Waals surface area contributed by atoms with E-state index < -0.39 is 0 Å². The number of benzene rings is 1. The smallest absolute Gasteiger partial charge is 0.221 e. The van der Waals surface area contributed by atoms with Gasteiger partial charge < -0.3 is 16.0 Å². The van der Waals surface area contributed by atoms with Crippen LogP contribution in [0.3, 0.4) is 0 Å². The molecule has 0 aromatic heterocycles. The number of carbonyl (C=O) groups excluding carboxylic acids is 2. The Kier molecular flexibility index (Phi) is 7.91. The summed E-state index contributed by atoms with van der Waals surface area (Å²) < 4.78 is 0. The van der Waals surface area contributed by atoms with Crippen LogP contribution in [0.25, 0.3) is 0 Å². The number of halogens is 1. The van der Waals surface area contributed by atoms with Gasteiger partial charge in [0.2, 0.25) is 11.8 Å². The Balaban J connectivity index is 0.00000242. The first kappa shape index (κ1) is 18.5. The summed E-state index contributed by atoms with van der Waals surface area (Å²) in [5.41, 5.74) is 1.80. The molecule has 2 rings (SSSR count). The molecule has 1 unspecified atom stereocenters. The van der Waals surface area contributed by atoms with Gasteiger partial charge in [-0.1, -0.05) is 12.1 Å². The van der Waals surface area contributed by atoms with Crippen molar-refractivity contribution in [1.29, 1.82) is 0 Å². The zero-order valence-corrected chi connectivity index (χ0v) is 13.7. The van der Waals surface area contributed by atoms with Crippen LogP contribution < -0.4 is 16.0 Å². The van der Waals surface area contributed by atoms with Crippen LogP contribution >= 0.6 is 12.4 Å². The molecule has 122 valence electrons. The Morgan fingerprint density at radius 2 is 2.00 bits per heavy atom. The largest absolute Gasteiger partial charge is 0.352 e. The number of amides is 2. The van der Waals surface area contributed by atoms with E-state index in [0.717, 1.165) is 30.8 Å². The van der Waals surface area contributed by atoms with Gasteiger partial charge in [0.05, 0.1) is 0 Å². The highest BCUT2D eigenvalue weighted by atomic mass is 35.5. The Hall–Kier alpha value is -1.59. The van der Waals surface area contributed by atoms with Crippen LogP contribution in [-0.4, -0.2) is 24.9 Å². The first-order valence-corrected chi connectivity index (χ1v) is 7.47. The van der Waals surface area contributed by atoms with E-state index in [-0.39, 0.29) is 24.2 Å². The molecule has 2 amide bonds. The standard InChI is InChI=1S/C16H23N3O2.ClH/c1-12(20)19-15-5-2-13(3-6-15)11-18-16(21)7-4-14-8-9-17-10-14;/h2-3,5-6,14,17H,4,7-11H2,1H3,(H,18,21)(H,19,20);1H. The number of nitrogens with one attached hydrogen (secondary N) is 3. The molecule has 0 bridgehead atoms. The van der Waals surface area contributed by atoms with Crippen LogP contribution in [0.4, 0.5) is 5.69 Å². The summed E-state index contributed by atoms with van der Waals surface area (Å²) in [6.45, 7) is 4.13. The molecule has 3 N–H and O–H groups in total. The highest BCUT2D eigenvalue weighted by Gasteiger charge is 2.15. The minimum absolute atomic E-state index is 0. The van der Waals surface area contributed by atoms with Gasteiger partial charge >= 0.3 is 0 Å². The summed E-state index contributed by atoms with van der Waals surface area (Å²) in [7, 11) is 0. The highest BCUT2D eigenvalue weighted by molar-refractivity contribution is 5.88. The van der Waals surface area contributed by atoms with Crippen LogP contribution in [0.5, 0.6) is 0 Å². The Labute approximate surface area is 137 Å². The van der Waals surface area contributed by atoms with Gasteiger partial charge in [-0.25, -0.2) is 0 Å². The number of rotatable bonds is 6. The molecular formula is C16H24ClN3O2. The second kappa shape index (κ2) is 9.43. The maximum atomic E-state index is 11.8. The third-order valence-electron chi connectivity index (χ3n) is 3.71. The van der Waals surface area contributed by atoms with Crippen molar-refractivity contribution in [3.05, 3.63) is 29.8 Å². The van der Waals surface area contributed by atoms with Crippen LogP contribution in [0.15, 0.2) is 24.3 Å². The van der Waals surface area contributed by atoms with Gasteiger partial charge in [0.1, 0.15) is 0 Å². The monoisotopic (exact) mass is 325 g/mol. The Bertz CT molecular complexity index is 485. The molecule has 0 radical (unpaired) electrons. The molecule has 6 heteroatoms. The first-order valence-electron chi connectivity index (χ1n) is 7.47. The lowest BCUT2D eigenvalue weighted by Gasteiger charge is -2.09. The van der Waals surface area contributed by atoms with E-state index >= 15 is 0 Å². The van der Waals surface area contributed by atoms with E-state index in [9.17, 15) is 9.59 Å². The summed E-state index contributed by atoms with van der Waals surface area (Å²) in [4.78, 5) is 22.7. The maximum Gasteiger partial charge on any atom is 0.221 e. The van der Waals surface area contributed by atoms with Crippen molar-refractivity contribution in [3.8, 4) is 0 Å². The summed E-state index contributed by atoms with van der Waals surface area (Å²) in [6.07, 6.45) is 2.73. The lowest BCUT2D eigenvalue weighted by Crippen LogP contribution is -2.23. The molecule has 1 heterocycles. The van der Waals surface area contributed by atoms with Gasteiger partial charge in [-0.05, 0) is 49.5 Å². The van der Waals surface area contributed by atoms with Gasteiger partial charge in [0, 0.05) is 25.6 Å². The molecule has 1 atom stereocenters. The molecule has 1 saturated heterocycles. The second-order valence-corrected chi connectivity index (χ2v) is 5.55. The van der Waals surface area contributed by atoms with Gasteiger partial charge in [0.25, 0.3) is 0 Å². The minimum Gasteiger partial charge on any atom is -0.352 e. The van der Waals surface area contributed by atoms with Crippen molar-refractivity contribution < 1.29 is 9.59 Å². The van der Waals surface area contributed by atoms with E-state index in [1.165, 1.54) is 13.3 Å². The zero-order valence-electron chi connectivity index (χ0n) is 12.9. The maximum absolute atomic E-state index is 11.8. The number of hydrogen-bond acceptors (Lipinski definition) is 3. The van der Waals surface area contributed by atoms with Crippen LogP contribution in [0.2, 0.25) is 0 Å². The van der Waals surface area contributed by atoms with Gasteiger partial charge in [0.15, 0.2) is 0 Å². The van der Waals surface area contributed by atoms with E-state index in [1.54, 1.807) is 0 Å². The Morgan fingerprint density at radius 3 is 2.59 bits per heavy atom. The summed E-state index contributed by atoms with van der Waals surface area (Å²) >= 11 is 0. The van der Waals surface area contributed by atoms with Crippen LogP contribution in [0, 0.1) is 5.92 Å². The predicted octanol–water partition coefficient (Wildman–Crippen LogP) is 2.07. The molecule has 1 fully saturated rings. The lowest BCUT2D eigenvalue weighted by atomic mass is 10.0. The molecule has 1 aromatic carbocycles. The Morgan fingerprint density at radius 1 is 1.27 bits per heavy atom. The van der Waals surface area contributed by atoms with Crippen molar-refractivity contribution in [2.45, 2.75) is 32.7 Å². The minimum atomic E-state index is -0.0857. The fourth-order valence-corrected chi connectivity index (χ4v) is 2.49. The fraction of sp³-hybridized carbons (Fsp3) is 0.500. The highest BCUT2D eigenvalue weighted by Crippen LogP contribution is 2.14. The summed E-state index contributed by atoms with van der Waals surface area (Å²) in [5, 5.41) is 8.96. The lowest BCUT2D eigenvalue weighted by molar-refractivity contribution is -0.121. The third kappa shape index (κ3) is 6.45. The van der Waals surface area contributed by atoms with E-state index in [4.69, 9.17) is 0 Å². The second-order valence-electron chi connectivity index (χ2n) is 5.55. The zero-order chi connectivity index (χ0) is 15.1. The van der Waals surface area contributed by atoms with Crippen molar-refractivity contribution in [3.63, 3.8) is 0 Å². The average molecular weight is 326 g/mol. The molecule has 0 spiro atoms. The summed E-state index contributed by atoms with van der Waals surface area (Å²) in [5.74, 6) is 0.665. The topological polar surface area (TPSA) is 70.2 Å². The normalized spacial score (nSPS) is 16.7. The number of anilines is 1. The molecule has 1 aliphatic heterocycles. The average Bonchev–Trinajstić information content (AvgIpc) is 2.97. The van der Waals surface area contributed by atoms with Gasteiger partial charge in [-0.15, -0.1) is 12.4 Å². The molecule has 22 heavy (non-hydrogen) atoms. The van der Waals surface area contributed by atoms with Crippen molar-refractivity contribution >= 4 is 29.9 Å². The van der Waals surface area contributed by atoms with Gasteiger partial charge in [-0.3, -0.25) is 9.59 Å². The molecular weight excluding hydrogens is 302 g/mol. The third-order valence-corrected chi connectivity index (χ3v) is 3.71. The van der Waals surface area contributed by atoms with E-state index in [0.29, 0.717) is 18.9 Å². The number of hydrogen-bond donors (Lipinski definition) is 3. The van der Waals surface area contributed by atoms with Crippen molar-refractivity contribution in [2.75, 3.05) is 18.4 Å². The molecule has 1 aliphatic rings. The molecule has 0 saturated carbocycles. The number of carbonyl (C=O) groups is 2. The van der Waals surface area contributed by atoms with Crippen LogP contribution in [0.1, 0.15) is 31.7 Å². The van der Waals surface area contributed by atoms with E-state index in [2.05, 4.69) is 16.0 Å². The van der Waals surface area contributed by atoms with Crippen molar-refractivity contribution in [1.82, 2.24) is 10.6 Å².